The molecule has 118 valence electrons. The summed E-state index contributed by atoms with van der Waals surface area (Å²) in [6, 6.07) is 0. The van der Waals surface area contributed by atoms with Crippen LogP contribution in [0.2, 0.25) is 0 Å². The van der Waals surface area contributed by atoms with E-state index < -0.39 is 10.0 Å². The van der Waals surface area contributed by atoms with E-state index in [2.05, 4.69) is 14.6 Å². The van der Waals surface area contributed by atoms with Crippen molar-refractivity contribution in [3.8, 4) is 0 Å². The molecule has 0 radical (unpaired) electrons. The van der Waals surface area contributed by atoms with Crippen LogP contribution < -0.4 is 4.72 Å². The van der Waals surface area contributed by atoms with E-state index in [1.165, 1.54) is 6.26 Å². The first-order valence-electron chi connectivity index (χ1n) is 7.16. The zero-order valence-electron chi connectivity index (χ0n) is 12.1. The minimum absolute atomic E-state index is 0.0591. The van der Waals surface area contributed by atoms with Gasteiger partial charge in [-0.25, -0.2) is 18.1 Å². The van der Waals surface area contributed by atoms with Crippen LogP contribution in [-0.4, -0.2) is 56.4 Å². The maximum absolute atomic E-state index is 11.1. The Bertz CT molecular complexity index is 567. The third-order valence-electron chi connectivity index (χ3n) is 4.28. The number of rotatable bonds is 6. The minimum Gasteiger partial charge on any atom is -0.372 e. The predicted molar refractivity (Wildman–Crippen MR) is 81.6 cm³/mol. The molecule has 3 heterocycles. The number of aromatic nitrogens is 1. The molecule has 21 heavy (non-hydrogen) atoms. The van der Waals surface area contributed by atoms with Crippen LogP contribution >= 0.6 is 11.3 Å². The second-order valence-electron chi connectivity index (χ2n) is 5.93. The average Bonchev–Trinajstić information content (AvgIpc) is 2.97. The van der Waals surface area contributed by atoms with Crippen molar-refractivity contribution in [3.63, 3.8) is 0 Å². The van der Waals surface area contributed by atoms with Crippen LogP contribution in [0.15, 0.2) is 11.6 Å². The number of ether oxygens (including phenoxy) is 1. The third-order valence-corrected chi connectivity index (χ3v) is 5.77. The quantitative estimate of drug-likeness (QED) is 0.830. The number of nitrogens with one attached hydrogen (secondary N) is 1. The number of thiazole rings is 1. The van der Waals surface area contributed by atoms with Crippen molar-refractivity contribution in [3.05, 3.63) is 16.6 Å². The van der Waals surface area contributed by atoms with Crippen LogP contribution in [0, 0.1) is 5.92 Å². The van der Waals surface area contributed by atoms with E-state index in [1.54, 1.807) is 11.3 Å². The molecular formula is C13H21N3O3S2. The summed E-state index contributed by atoms with van der Waals surface area (Å²) < 4.78 is 30.8. The van der Waals surface area contributed by atoms with Gasteiger partial charge in [-0.1, -0.05) is 0 Å². The molecule has 2 saturated heterocycles. The highest BCUT2D eigenvalue weighted by Gasteiger charge is 2.52. The van der Waals surface area contributed by atoms with Crippen molar-refractivity contribution in [2.75, 3.05) is 32.5 Å². The Hall–Kier alpha value is -0.540. The van der Waals surface area contributed by atoms with E-state index in [-0.39, 0.29) is 5.60 Å². The number of nitrogens with zero attached hydrogens (tertiary/aromatic N) is 2. The molecule has 0 bridgehead atoms. The summed E-state index contributed by atoms with van der Waals surface area (Å²) in [5.74, 6) is 0.444. The zero-order chi connectivity index (χ0) is 14.9. The molecule has 1 aromatic rings. The lowest BCUT2D eigenvalue weighted by atomic mass is 9.79. The van der Waals surface area contributed by atoms with Crippen LogP contribution in [0.3, 0.4) is 0 Å². The minimum atomic E-state index is -3.09. The van der Waals surface area contributed by atoms with Gasteiger partial charge in [0.2, 0.25) is 10.0 Å². The zero-order valence-corrected chi connectivity index (χ0v) is 13.8. The molecule has 2 fully saturated rings. The molecule has 1 unspecified atom stereocenters. The molecule has 1 N–H and O–H groups in total. The van der Waals surface area contributed by atoms with Gasteiger partial charge >= 0.3 is 0 Å². The van der Waals surface area contributed by atoms with Crippen molar-refractivity contribution in [1.82, 2.24) is 14.6 Å². The van der Waals surface area contributed by atoms with Gasteiger partial charge in [-0.05, 0) is 18.8 Å². The fourth-order valence-electron chi connectivity index (χ4n) is 3.31. The van der Waals surface area contributed by atoms with E-state index >= 15 is 0 Å². The number of likely N-dealkylation sites (tertiary alicyclic amines) is 1. The van der Waals surface area contributed by atoms with Crippen LogP contribution in [-0.2, 0) is 21.3 Å². The molecule has 0 aromatic carbocycles. The standard InChI is InChI=1S/C13H21N3O3S2/c1-21(17,18)15-4-2-11-3-6-19-13(11)9-16(10-13)8-12-14-5-7-20-12/h5,7,11,15H,2-4,6,8-10H2,1H3. The molecule has 2 aliphatic rings. The van der Waals surface area contributed by atoms with Gasteiger partial charge in [0.15, 0.2) is 0 Å². The van der Waals surface area contributed by atoms with E-state index in [4.69, 9.17) is 4.74 Å². The fraction of sp³-hybridized carbons (Fsp3) is 0.769. The van der Waals surface area contributed by atoms with Crippen LogP contribution in [0.5, 0.6) is 0 Å². The van der Waals surface area contributed by atoms with Crippen molar-refractivity contribution < 1.29 is 13.2 Å². The van der Waals surface area contributed by atoms with Crippen molar-refractivity contribution >= 4 is 21.4 Å². The first-order chi connectivity index (χ1) is 9.97. The monoisotopic (exact) mass is 331 g/mol. The van der Waals surface area contributed by atoms with Crippen LogP contribution in [0.4, 0.5) is 0 Å². The molecular weight excluding hydrogens is 310 g/mol. The summed E-state index contributed by atoms with van der Waals surface area (Å²) in [5.41, 5.74) is -0.0591. The molecule has 3 rings (SSSR count). The molecule has 0 amide bonds. The molecule has 0 saturated carbocycles. The SMILES string of the molecule is CS(=O)(=O)NCCC1CCOC12CN(Cc1nccs1)C2. The third kappa shape index (κ3) is 3.62. The number of hydrogen-bond donors (Lipinski definition) is 1. The van der Waals surface area contributed by atoms with Gasteiger partial charge in [-0.3, -0.25) is 4.90 Å². The van der Waals surface area contributed by atoms with Crippen molar-refractivity contribution in [2.24, 2.45) is 5.92 Å². The number of sulfonamides is 1. The highest BCUT2D eigenvalue weighted by molar-refractivity contribution is 7.88. The summed E-state index contributed by atoms with van der Waals surface area (Å²) in [6.45, 7) is 4.03. The van der Waals surface area contributed by atoms with Gasteiger partial charge in [0.05, 0.1) is 18.4 Å². The summed E-state index contributed by atoms with van der Waals surface area (Å²) in [5, 5.41) is 3.13. The van der Waals surface area contributed by atoms with Crippen LogP contribution in [0.25, 0.3) is 0 Å². The highest BCUT2D eigenvalue weighted by atomic mass is 32.2. The largest absolute Gasteiger partial charge is 0.372 e. The van der Waals surface area contributed by atoms with Crippen molar-refractivity contribution in [2.45, 2.75) is 25.0 Å². The summed E-state index contributed by atoms with van der Waals surface area (Å²) >= 11 is 1.68. The van der Waals surface area contributed by atoms with E-state index in [1.807, 2.05) is 11.6 Å². The Labute approximate surface area is 129 Å². The summed E-state index contributed by atoms with van der Waals surface area (Å²) in [4.78, 5) is 6.66. The maximum atomic E-state index is 11.1. The average molecular weight is 331 g/mol. The summed E-state index contributed by atoms with van der Waals surface area (Å²) in [6.07, 6.45) is 4.91. The molecule has 1 aromatic heterocycles. The normalized spacial score (nSPS) is 25.3. The first kappa shape index (κ1) is 15.4. The van der Waals surface area contributed by atoms with Gasteiger partial charge in [0.25, 0.3) is 0 Å². The Morgan fingerprint density at radius 1 is 1.57 bits per heavy atom. The van der Waals surface area contributed by atoms with E-state index in [0.717, 1.165) is 44.1 Å². The molecule has 6 nitrogen and oxygen atoms in total. The topological polar surface area (TPSA) is 71.5 Å². The summed E-state index contributed by atoms with van der Waals surface area (Å²) in [7, 11) is -3.09. The second kappa shape index (κ2) is 5.92. The van der Waals surface area contributed by atoms with E-state index in [0.29, 0.717) is 12.5 Å². The molecule has 0 aliphatic carbocycles. The first-order valence-corrected chi connectivity index (χ1v) is 9.93. The van der Waals surface area contributed by atoms with Gasteiger partial charge < -0.3 is 4.74 Å². The molecule has 1 atom stereocenters. The number of hydrogen-bond acceptors (Lipinski definition) is 6. The van der Waals surface area contributed by atoms with Gasteiger partial charge in [0, 0.05) is 37.8 Å². The Kier molecular flexibility index (Phi) is 4.33. The molecule has 8 heteroatoms. The molecule has 2 aliphatic heterocycles. The fourth-order valence-corrected chi connectivity index (χ4v) is 4.45. The Balaban J connectivity index is 1.49. The lowest BCUT2D eigenvalue weighted by Gasteiger charge is -2.50. The second-order valence-corrected chi connectivity index (χ2v) is 8.74. The Morgan fingerprint density at radius 3 is 3.05 bits per heavy atom. The maximum Gasteiger partial charge on any atom is 0.208 e. The predicted octanol–water partition coefficient (Wildman–Crippen LogP) is 0.673. The lowest BCUT2D eigenvalue weighted by molar-refractivity contribution is -0.136. The van der Waals surface area contributed by atoms with Gasteiger partial charge in [0.1, 0.15) is 5.01 Å². The van der Waals surface area contributed by atoms with Crippen LogP contribution in [0.1, 0.15) is 17.8 Å². The van der Waals surface area contributed by atoms with Gasteiger partial charge in [-0.15, -0.1) is 11.3 Å². The van der Waals surface area contributed by atoms with Gasteiger partial charge in [-0.2, -0.15) is 0 Å². The Morgan fingerprint density at radius 2 is 2.38 bits per heavy atom. The lowest BCUT2D eigenvalue weighted by Crippen LogP contribution is -2.64. The molecule has 1 spiro atoms. The van der Waals surface area contributed by atoms with Crippen molar-refractivity contribution in [1.29, 1.82) is 0 Å². The highest BCUT2D eigenvalue weighted by Crippen LogP contribution is 2.42. The van der Waals surface area contributed by atoms with E-state index in [9.17, 15) is 8.42 Å². The smallest absolute Gasteiger partial charge is 0.208 e.